The lowest BCUT2D eigenvalue weighted by atomic mass is 9.92. The highest BCUT2D eigenvalue weighted by atomic mass is 32.2. The highest BCUT2D eigenvalue weighted by molar-refractivity contribution is 7.85. The van der Waals surface area contributed by atoms with Crippen molar-refractivity contribution in [3.63, 3.8) is 0 Å². The lowest BCUT2D eigenvalue weighted by Gasteiger charge is -2.40. The first kappa shape index (κ1) is 18.4. The molecule has 152 valence electrons. The van der Waals surface area contributed by atoms with Gasteiger partial charge in [0.05, 0.1) is 16.5 Å². The van der Waals surface area contributed by atoms with Gasteiger partial charge in [-0.1, -0.05) is 30.3 Å². The smallest absolute Gasteiger partial charge is 0.407 e. The molecule has 3 aliphatic heterocycles. The lowest BCUT2D eigenvalue weighted by Crippen LogP contribution is -2.46. The van der Waals surface area contributed by atoms with Crippen LogP contribution < -0.4 is 10.2 Å². The number of amides is 1. The molecule has 29 heavy (non-hydrogen) atoms. The van der Waals surface area contributed by atoms with Crippen molar-refractivity contribution in [1.82, 2.24) is 14.9 Å². The van der Waals surface area contributed by atoms with Gasteiger partial charge in [0.2, 0.25) is 5.95 Å². The molecule has 0 saturated carbocycles. The second-order valence-corrected chi connectivity index (χ2v) is 9.33. The van der Waals surface area contributed by atoms with Crippen molar-refractivity contribution in [2.45, 2.75) is 29.7 Å². The van der Waals surface area contributed by atoms with E-state index in [9.17, 15) is 14.1 Å². The molecule has 2 fully saturated rings. The van der Waals surface area contributed by atoms with Crippen LogP contribution in [0.3, 0.4) is 0 Å². The summed E-state index contributed by atoms with van der Waals surface area (Å²) in [6, 6.07) is 10.4. The molecule has 1 amide bonds. The first-order chi connectivity index (χ1) is 14.1. The average molecular weight is 414 g/mol. The third-order valence-corrected chi connectivity index (χ3v) is 7.37. The van der Waals surface area contributed by atoms with Crippen LogP contribution in [0.5, 0.6) is 0 Å². The predicted octanol–water partition coefficient (Wildman–Crippen LogP) is 1.91. The molecule has 1 aromatic carbocycles. The van der Waals surface area contributed by atoms with Gasteiger partial charge in [-0.3, -0.25) is 4.21 Å². The summed E-state index contributed by atoms with van der Waals surface area (Å²) >= 11 is 0. The summed E-state index contributed by atoms with van der Waals surface area (Å²) in [5.74, 6) is 2.32. The summed E-state index contributed by atoms with van der Waals surface area (Å²) in [6.45, 7) is 2.64. The molecule has 1 aromatic heterocycles. The second kappa shape index (κ2) is 7.29. The van der Waals surface area contributed by atoms with Gasteiger partial charge in [0.15, 0.2) is 0 Å². The van der Waals surface area contributed by atoms with Crippen LogP contribution in [0.15, 0.2) is 35.2 Å². The van der Waals surface area contributed by atoms with Gasteiger partial charge in [0.1, 0.15) is 10.7 Å². The van der Waals surface area contributed by atoms with E-state index in [0.717, 1.165) is 18.8 Å². The van der Waals surface area contributed by atoms with E-state index >= 15 is 0 Å². The Morgan fingerprint density at radius 3 is 2.69 bits per heavy atom. The number of benzene rings is 1. The van der Waals surface area contributed by atoms with Crippen LogP contribution >= 0.6 is 0 Å². The molecule has 0 radical (unpaired) electrons. The number of nitrogens with one attached hydrogen (secondary N) is 1. The van der Waals surface area contributed by atoms with E-state index < -0.39 is 16.9 Å². The highest BCUT2D eigenvalue weighted by Crippen LogP contribution is 2.35. The Labute approximate surface area is 171 Å². The van der Waals surface area contributed by atoms with E-state index in [1.54, 1.807) is 0 Å². The third-order valence-electron chi connectivity index (χ3n) is 5.91. The topological polar surface area (TPSA) is 98.7 Å². The molecular formula is C20H23N5O3S. The Hall–Kier alpha value is -2.68. The largest absolute Gasteiger partial charge is 0.465 e. The Balaban J connectivity index is 1.36. The zero-order chi connectivity index (χ0) is 20.0. The zero-order valence-electron chi connectivity index (χ0n) is 16.0. The van der Waals surface area contributed by atoms with Crippen LogP contribution in [0, 0.1) is 0 Å². The standard InChI is InChI=1S/C20H23N5O3S/c26-20(27)24-8-6-15(12-24)21-18-17-16(7-9-29(17)28)22-19(23-18)25-10-14(11-25)13-4-2-1-3-5-13/h1-5,14-15H,6-12H2,(H,26,27)(H,21,22,23)/t15-,29-/m1/s1. The molecule has 0 unspecified atom stereocenters. The van der Waals surface area contributed by atoms with Gasteiger partial charge in [0, 0.05) is 50.3 Å². The van der Waals surface area contributed by atoms with Crippen molar-refractivity contribution in [3.8, 4) is 0 Å². The lowest BCUT2D eigenvalue weighted by molar-refractivity contribution is 0.155. The van der Waals surface area contributed by atoms with Crippen molar-refractivity contribution in [2.24, 2.45) is 0 Å². The van der Waals surface area contributed by atoms with Gasteiger partial charge in [-0.2, -0.15) is 4.98 Å². The Morgan fingerprint density at radius 2 is 1.97 bits per heavy atom. The SMILES string of the molecule is O=C(O)N1CC[C@@H](Nc2nc(N3CC(c4ccccc4)C3)nc3c2[S@](=O)CC3)C1. The van der Waals surface area contributed by atoms with Crippen molar-refractivity contribution in [3.05, 3.63) is 41.6 Å². The molecular weight excluding hydrogens is 390 g/mol. The van der Waals surface area contributed by atoms with E-state index in [1.165, 1.54) is 10.5 Å². The molecule has 0 spiro atoms. The van der Waals surface area contributed by atoms with Crippen LogP contribution in [-0.4, -0.2) is 68.3 Å². The Bertz CT molecular complexity index is 964. The minimum Gasteiger partial charge on any atom is -0.465 e. The molecule has 2 saturated heterocycles. The number of rotatable bonds is 4. The van der Waals surface area contributed by atoms with Crippen molar-refractivity contribution < 1.29 is 14.1 Å². The molecule has 0 aliphatic carbocycles. The second-order valence-electron chi connectivity index (χ2n) is 7.82. The number of aryl methyl sites for hydroxylation is 1. The number of anilines is 2. The van der Waals surface area contributed by atoms with Crippen molar-refractivity contribution in [1.29, 1.82) is 0 Å². The fraction of sp³-hybridized carbons (Fsp3) is 0.450. The fourth-order valence-electron chi connectivity index (χ4n) is 4.25. The monoisotopic (exact) mass is 413 g/mol. The van der Waals surface area contributed by atoms with E-state index in [2.05, 4.69) is 34.5 Å². The Morgan fingerprint density at radius 1 is 1.17 bits per heavy atom. The number of nitrogens with zero attached hydrogens (tertiary/aromatic N) is 4. The summed E-state index contributed by atoms with van der Waals surface area (Å²) in [4.78, 5) is 24.9. The number of hydrogen-bond acceptors (Lipinski definition) is 6. The minimum atomic E-state index is -1.10. The first-order valence-electron chi connectivity index (χ1n) is 9.92. The molecule has 2 atom stereocenters. The molecule has 2 aromatic rings. The molecule has 3 aliphatic rings. The fourth-order valence-corrected chi connectivity index (χ4v) is 5.56. The number of aromatic nitrogens is 2. The van der Waals surface area contributed by atoms with Gasteiger partial charge in [-0.05, 0) is 12.0 Å². The van der Waals surface area contributed by atoms with Crippen LogP contribution in [-0.2, 0) is 17.2 Å². The molecule has 5 rings (SSSR count). The summed E-state index contributed by atoms with van der Waals surface area (Å²) in [7, 11) is -1.10. The number of likely N-dealkylation sites (tertiary alicyclic amines) is 1. The summed E-state index contributed by atoms with van der Waals surface area (Å²) in [5.41, 5.74) is 2.18. The maximum absolute atomic E-state index is 12.5. The molecule has 0 bridgehead atoms. The maximum Gasteiger partial charge on any atom is 0.407 e. The molecule has 4 heterocycles. The van der Waals surface area contributed by atoms with Crippen LogP contribution in [0.1, 0.15) is 23.6 Å². The van der Waals surface area contributed by atoms with Crippen LogP contribution in [0.25, 0.3) is 0 Å². The number of fused-ring (bicyclic) bond motifs is 1. The Kier molecular flexibility index (Phi) is 4.61. The average Bonchev–Trinajstić information content (AvgIpc) is 3.29. The van der Waals surface area contributed by atoms with Gasteiger partial charge in [0.25, 0.3) is 0 Å². The first-order valence-corrected chi connectivity index (χ1v) is 11.2. The quantitative estimate of drug-likeness (QED) is 0.790. The molecule has 8 nitrogen and oxygen atoms in total. The minimum absolute atomic E-state index is 0.0241. The molecule has 9 heteroatoms. The van der Waals surface area contributed by atoms with Crippen LogP contribution in [0.2, 0.25) is 0 Å². The van der Waals surface area contributed by atoms with Gasteiger partial charge < -0.3 is 20.2 Å². The summed E-state index contributed by atoms with van der Waals surface area (Å²) < 4.78 is 12.5. The van der Waals surface area contributed by atoms with Crippen molar-refractivity contribution >= 4 is 28.7 Å². The van der Waals surface area contributed by atoms with E-state index in [0.29, 0.717) is 54.3 Å². The number of carbonyl (C=O) groups is 1. The zero-order valence-corrected chi connectivity index (χ0v) is 16.8. The van der Waals surface area contributed by atoms with E-state index in [1.807, 2.05) is 6.07 Å². The normalized spacial score (nSPS) is 23.7. The highest BCUT2D eigenvalue weighted by Gasteiger charge is 2.34. The number of hydrogen-bond donors (Lipinski definition) is 2. The molecule has 2 N–H and O–H groups in total. The van der Waals surface area contributed by atoms with Gasteiger partial charge in [-0.15, -0.1) is 0 Å². The van der Waals surface area contributed by atoms with Crippen molar-refractivity contribution in [2.75, 3.05) is 42.1 Å². The van der Waals surface area contributed by atoms with Gasteiger partial charge in [-0.25, -0.2) is 9.78 Å². The van der Waals surface area contributed by atoms with E-state index in [-0.39, 0.29) is 6.04 Å². The van der Waals surface area contributed by atoms with Gasteiger partial charge >= 0.3 is 6.09 Å². The predicted molar refractivity (Wildman–Crippen MR) is 110 cm³/mol. The van der Waals surface area contributed by atoms with Crippen LogP contribution in [0.4, 0.5) is 16.6 Å². The van der Waals surface area contributed by atoms with E-state index in [4.69, 9.17) is 9.97 Å². The maximum atomic E-state index is 12.5. The summed E-state index contributed by atoms with van der Waals surface area (Å²) in [6.07, 6.45) is 0.500. The summed E-state index contributed by atoms with van der Waals surface area (Å²) in [5, 5.41) is 12.6. The number of carboxylic acid groups (broad SMARTS) is 1. The third kappa shape index (κ3) is 3.43.